The van der Waals surface area contributed by atoms with Gasteiger partial charge in [-0.05, 0) is 17.7 Å². The van der Waals surface area contributed by atoms with Crippen LogP contribution >= 0.6 is 11.8 Å². The summed E-state index contributed by atoms with van der Waals surface area (Å²) in [4.78, 5) is 13.0. The number of carbonyl (C=O) groups excluding carboxylic acids is 1. The van der Waals surface area contributed by atoms with E-state index in [0.717, 1.165) is 10.5 Å². The number of nitrogens with one attached hydrogen (secondary N) is 1. The molecule has 0 heterocycles. The van der Waals surface area contributed by atoms with E-state index in [-0.39, 0.29) is 12.6 Å². The Bertz CT molecular complexity index is 587. The van der Waals surface area contributed by atoms with Crippen LogP contribution in [0.5, 0.6) is 0 Å². The number of alkyl carbamates (subject to hydrolysis) is 1. The quantitative estimate of drug-likeness (QED) is 0.613. The minimum absolute atomic E-state index is 0.131. The maximum absolute atomic E-state index is 11.8. The Morgan fingerprint density at radius 1 is 1.14 bits per heavy atom. The standard InChI is InChI=1S/C18H19NO2S/c1-2-16(14-22-17-11-7-4-8-12-17)19-18(20)21-13-15-9-5-3-6-10-15/h2-12,16H,1,13-14H2,(H,19,20). The Balaban J connectivity index is 1.74. The van der Waals surface area contributed by atoms with E-state index < -0.39 is 6.09 Å². The molecule has 2 aromatic carbocycles. The van der Waals surface area contributed by atoms with Gasteiger partial charge in [0.15, 0.2) is 0 Å². The molecule has 4 heteroatoms. The SMILES string of the molecule is C=CC(CSc1ccccc1)NC(=O)OCc1ccccc1. The van der Waals surface area contributed by atoms with Crippen molar-refractivity contribution in [3.05, 3.63) is 78.9 Å². The Hall–Kier alpha value is -2.20. The maximum atomic E-state index is 11.8. The number of hydrogen-bond donors (Lipinski definition) is 1. The first kappa shape index (κ1) is 16.2. The Labute approximate surface area is 135 Å². The summed E-state index contributed by atoms with van der Waals surface area (Å²) in [5, 5.41) is 2.81. The summed E-state index contributed by atoms with van der Waals surface area (Å²) in [6.07, 6.45) is 1.29. The zero-order chi connectivity index (χ0) is 15.6. The number of benzene rings is 2. The van der Waals surface area contributed by atoms with Crippen molar-refractivity contribution in [3.8, 4) is 0 Å². The van der Waals surface area contributed by atoms with Crippen molar-refractivity contribution in [3.63, 3.8) is 0 Å². The van der Waals surface area contributed by atoms with Crippen LogP contribution in [0.1, 0.15) is 5.56 Å². The van der Waals surface area contributed by atoms with Gasteiger partial charge >= 0.3 is 6.09 Å². The molecular formula is C18H19NO2S. The first-order chi connectivity index (χ1) is 10.8. The van der Waals surface area contributed by atoms with Crippen molar-refractivity contribution in [1.82, 2.24) is 5.32 Å². The molecule has 0 spiro atoms. The molecule has 0 aliphatic carbocycles. The van der Waals surface area contributed by atoms with Gasteiger partial charge in [0.05, 0.1) is 6.04 Å². The number of rotatable bonds is 7. The molecular weight excluding hydrogens is 294 g/mol. The van der Waals surface area contributed by atoms with E-state index in [1.54, 1.807) is 17.8 Å². The average molecular weight is 313 g/mol. The number of amides is 1. The molecule has 0 aromatic heterocycles. The molecule has 2 aromatic rings. The second-order valence-electron chi connectivity index (χ2n) is 4.67. The lowest BCUT2D eigenvalue weighted by atomic mass is 10.2. The highest BCUT2D eigenvalue weighted by Crippen LogP contribution is 2.18. The second kappa shape index (κ2) is 8.95. The highest BCUT2D eigenvalue weighted by atomic mass is 32.2. The summed E-state index contributed by atoms with van der Waals surface area (Å²) in [7, 11) is 0. The van der Waals surface area contributed by atoms with Crippen molar-refractivity contribution in [1.29, 1.82) is 0 Å². The smallest absolute Gasteiger partial charge is 0.407 e. The second-order valence-corrected chi connectivity index (χ2v) is 5.77. The van der Waals surface area contributed by atoms with Crippen molar-refractivity contribution >= 4 is 17.9 Å². The lowest BCUT2D eigenvalue weighted by Gasteiger charge is -2.14. The third-order valence-corrected chi connectivity index (χ3v) is 4.10. The zero-order valence-electron chi connectivity index (χ0n) is 12.3. The molecule has 0 bridgehead atoms. The van der Waals surface area contributed by atoms with Crippen molar-refractivity contribution in [2.75, 3.05) is 5.75 Å². The summed E-state index contributed by atoms with van der Waals surface area (Å²) < 4.78 is 5.21. The van der Waals surface area contributed by atoms with E-state index in [1.807, 2.05) is 60.7 Å². The van der Waals surface area contributed by atoms with Gasteiger partial charge in [0, 0.05) is 10.6 Å². The van der Waals surface area contributed by atoms with E-state index in [9.17, 15) is 4.79 Å². The highest BCUT2D eigenvalue weighted by Gasteiger charge is 2.10. The summed E-state index contributed by atoms with van der Waals surface area (Å²) in [5.74, 6) is 0.716. The van der Waals surface area contributed by atoms with Crippen LogP contribution < -0.4 is 5.32 Å². The molecule has 2 rings (SSSR count). The van der Waals surface area contributed by atoms with Gasteiger partial charge in [-0.15, -0.1) is 18.3 Å². The molecule has 0 aliphatic rings. The van der Waals surface area contributed by atoms with Crippen LogP contribution in [0, 0.1) is 0 Å². The van der Waals surface area contributed by atoms with Crippen LogP contribution in [0.2, 0.25) is 0 Å². The fourth-order valence-corrected chi connectivity index (χ4v) is 2.73. The highest BCUT2D eigenvalue weighted by molar-refractivity contribution is 7.99. The first-order valence-electron chi connectivity index (χ1n) is 7.05. The third kappa shape index (κ3) is 5.66. The summed E-state index contributed by atoms with van der Waals surface area (Å²) >= 11 is 1.67. The van der Waals surface area contributed by atoms with Crippen LogP contribution in [-0.4, -0.2) is 17.9 Å². The van der Waals surface area contributed by atoms with Gasteiger partial charge in [-0.3, -0.25) is 0 Å². The van der Waals surface area contributed by atoms with Crippen LogP contribution in [-0.2, 0) is 11.3 Å². The summed E-state index contributed by atoms with van der Waals surface area (Å²) in [6, 6.07) is 19.5. The summed E-state index contributed by atoms with van der Waals surface area (Å²) in [5.41, 5.74) is 0.964. The first-order valence-corrected chi connectivity index (χ1v) is 8.04. The van der Waals surface area contributed by atoms with E-state index in [0.29, 0.717) is 5.75 Å². The monoisotopic (exact) mass is 313 g/mol. The van der Waals surface area contributed by atoms with Crippen molar-refractivity contribution < 1.29 is 9.53 Å². The topological polar surface area (TPSA) is 38.3 Å². The molecule has 0 aliphatic heterocycles. The van der Waals surface area contributed by atoms with E-state index in [4.69, 9.17) is 4.74 Å². The lowest BCUT2D eigenvalue weighted by Crippen LogP contribution is -2.35. The molecule has 1 N–H and O–H groups in total. The molecule has 114 valence electrons. The average Bonchev–Trinajstić information content (AvgIpc) is 2.58. The largest absolute Gasteiger partial charge is 0.445 e. The van der Waals surface area contributed by atoms with Gasteiger partial charge in [0.1, 0.15) is 6.61 Å². The van der Waals surface area contributed by atoms with Gasteiger partial charge in [-0.2, -0.15) is 0 Å². The van der Waals surface area contributed by atoms with Gasteiger partial charge in [-0.1, -0.05) is 54.6 Å². The minimum Gasteiger partial charge on any atom is -0.445 e. The van der Waals surface area contributed by atoms with Crippen molar-refractivity contribution in [2.45, 2.75) is 17.5 Å². The maximum Gasteiger partial charge on any atom is 0.407 e. The third-order valence-electron chi connectivity index (χ3n) is 2.97. The Morgan fingerprint density at radius 2 is 1.77 bits per heavy atom. The molecule has 0 saturated heterocycles. The zero-order valence-corrected chi connectivity index (χ0v) is 13.1. The molecule has 0 radical (unpaired) electrons. The molecule has 1 amide bonds. The Morgan fingerprint density at radius 3 is 2.41 bits per heavy atom. The van der Waals surface area contributed by atoms with Gasteiger partial charge < -0.3 is 10.1 Å². The molecule has 22 heavy (non-hydrogen) atoms. The Kier molecular flexibility index (Phi) is 6.58. The van der Waals surface area contributed by atoms with Crippen molar-refractivity contribution in [2.24, 2.45) is 0 Å². The van der Waals surface area contributed by atoms with E-state index in [1.165, 1.54) is 0 Å². The minimum atomic E-state index is -0.428. The molecule has 0 fully saturated rings. The van der Waals surface area contributed by atoms with Gasteiger partial charge in [0.25, 0.3) is 0 Å². The lowest BCUT2D eigenvalue weighted by molar-refractivity contribution is 0.138. The fraction of sp³-hybridized carbons (Fsp3) is 0.167. The van der Waals surface area contributed by atoms with Crippen LogP contribution in [0.25, 0.3) is 0 Å². The van der Waals surface area contributed by atoms with E-state index in [2.05, 4.69) is 11.9 Å². The number of hydrogen-bond acceptors (Lipinski definition) is 3. The van der Waals surface area contributed by atoms with Crippen LogP contribution in [0.3, 0.4) is 0 Å². The van der Waals surface area contributed by atoms with Crippen LogP contribution in [0.15, 0.2) is 78.2 Å². The predicted molar refractivity (Wildman–Crippen MR) is 90.9 cm³/mol. The number of thioether (sulfide) groups is 1. The fourth-order valence-electron chi connectivity index (χ4n) is 1.79. The predicted octanol–water partition coefficient (Wildman–Crippen LogP) is 4.26. The molecule has 1 unspecified atom stereocenters. The van der Waals surface area contributed by atoms with Gasteiger partial charge in [-0.25, -0.2) is 4.79 Å². The molecule has 3 nitrogen and oxygen atoms in total. The molecule has 1 atom stereocenters. The molecule has 0 saturated carbocycles. The normalized spacial score (nSPS) is 11.5. The number of ether oxygens (including phenoxy) is 1. The number of carbonyl (C=O) groups is 1. The van der Waals surface area contributed by atoms with Crippen LogP contribution in [0.4, 0.5) is 4.79 Å². The van der Waals surface area contributed by atoms with E-state index >= 15 is 0 Å². The summed E-state index contributed by atoms with van der Waals surface area (Å²) in [6.45, 7) is 4.03. The van der Waals surface area contributed by atoms with Gasteiger partial charge in [0.2, 0.25) is 0 Å².